The van der Waals surface area contributed by atoms with E-state index in [1.165, 1.54) is 0 Å². The third kappa shape index (κ3) is 5.64. The molecule has 0 unspecified atom stereocenters. The molecule has 0 aliphatic rings. The predicted octanol–water partition coefficient (Wildman–Crippen LogP) is 4.08. The Morgan fingerprint density at radius 3 is 2.62 bits per heavy atom. The molecular formula is C20H24ClNO4. The van der Waals surface area contributed by atoms with Crippen LogP contribution < -0.4 is 14.8 Å². The molecule has 140 valence electrons. The molecule has 6 heteroatoms. The summed E-state index contributed by atoms with van der Waals surface area (Å²) in [4.78, 5) is 12.4. The van der Waals surface area contributed by atoms with Gasteiger partial charge in [-0.2, -0.15) is 0 Å². The Hall–Kier alpha value is -2.24. The monoisotopic (exact) mass is 377 g/mol. The summed E-state index contributed by atoms with van der Waals surface area (Å²) in [5.41, 5.74) is 1.31. The predicted molar refractivity (Wildman–Crippen MR) is 102 cm³/mol. The van der Waals surface area contributed by atoms with Crippen molar-refractivity contribution in [1.82, 2.24) is 5.32 Å². The van der Waals surface area contributed by atoms with Crippen molar-refractivity contribution in [1.29, 1.82) is 0 Å². The van der Waals surface area contributed by atoms with Crippen molar-refractivity contribution in [3.05, 3.63) is 58.6 Å². The van der Waals surface area contributed by atoms with Gasteiger partial charge in [0.1, 0.15) is 18.1 Å². The number of hydrogen-bond donors (Lipinski definition) is 1. The Morgan fingerprint density at radius 1 is 1.15 bits per heavy atom. The number of methoxy groups -OCH3 is 1. The van der Waals surface area contributed by atoms with Gasteiger partial charge < -0.3 is 19.5 Å². The maximum absolute atomic E-state index is 12.4. The highest BCUT2D eigenvalue weighted by Crippen LogP contribution is 2.27. The van der Waals surface area contributed by atoms with Crippen molar-refractivity contribution in [2.75, 3.05) is 20.3 Å². The smallest absolute Gasteiger partial charge is 0.251 e. The molecule has 0 saturated carbocycles. The number of halogens is 1. The lowest BCUT2D eigenvalue weighted by Crippen LogP contribution is -2.35. The zero-order valence-electron chi connectivity index (χ0n) is 15.3. The molecule has 1 amide bonds. The zero-order chi connectivity index (χ0) is 18.9. The number of para-hydroxylation sites is 1. The van der Waals surface area contributed by atoms with E-state index in [2.05, 4.69) is 5.32 Å². The highest BCUT2D eigenvalue weighted by atomic mass is 35.5. The van der Waals surface area contributed by atoms with Gasteiger partial charge in [0.2, 0.25) is 0 Å². The first kappa shape index (κ1) is 20.1. The van der Waals surface area contributed by atoms with Gasteiger partial charge in [-0.3, -0.25) is 4.79 Å². The van der Waals surface area contributed by atoms with Crippen molar-refractivity contribution in [2.45, 2.75) is 26.5 Å². The third-order valence-corrected chi connectivity index (χ3v) is 3.95. The molecule has 2 aromatic carbocycles. The minimum atomic E-state index is -0.170. The van der Waals surface area contributed by atoms with Gasteiger partial charge in [-0.25, -0.2) is 0 Å². The van der Waals surface area contributed by atoms with Crippen LogP contribution in [0.2, 0.25) is 5.02 Å². The molecule has 0 fully saturated rings. The Labute approximate surface area is 159 Å². The summed E-state index contributed by atoms with van der Waals surface area (Å²) in [5, 5.41) is 3.43. The number of amides is 1. The van der Waals surface area contributed by atoms with Crippen LogP contribution in [0.3, 0.4) is 0 Å². The lowest BCUT2D eigenvalue weighted by atomic mass is 10.1. The topological polar surface area (TPSA) is 56.8 Å². The SMILES string of the molecule is CCOc1ccc(C(=O)N[C@@H](C)COC)cc1COc1ccccc1Cl. The fourth-order valence-electron chi connectivity index (χ4n) is 2.45. The van der Waals surface area contributed by atoms with Crippen LogP contribution in [-0.2, 0) is 11.3 Å². The van der Waals surface area contributed by atoms with Crippen LogP contribution in [0.25, 0.3) is 0 Å². The van der Waals surface area contributed by atoms with Gasteiger partial charge in [0.25, 0.3) is 5.91 Å². The van der Waals surface area contributed by atoms with Crippen molar-refractivity contribution in [3.63, 3.8) is 0 Å². The van der Waals surface area contributed by atoms with Crippen molar-refractivity contribution in [2.24, 2.45) is 0 Å². The van der Waals surface area contributed by atoms with Crippen LogP contribution in [0.5, 0.6) is 11.5 Å². The summed E-state index contributed by atoms with van der Waals surface area (Å²) in [6.07, 6.45) is 0. The molecule has 26 heavy (non-hydrogen) atoms. The fraction of sp³-hybridized carbons (Fsp3) is 0.350. The van der Waals surface area contributed by atoms with Crippen LogP contribution in [-0.4, -0.2) is 32.3 Å². The second-order valence-electron chi connectivity index (χ2n) is 5.80. The Morgan fingerprint density at radius 2 is 1.92 bits per heavy atom. The number of nitrogens with one attached hydrogen (secondary N) is 1. The normalized spacial score (nSPS) is 11.7. The maximum Gasteiger partial charge on any atom is 0.251 e. The largest absolute Gasteiger partial charge is 0.493 e. The molecule has 0 aromatic heterocycles. The van der Waals surface area contributed by atoms with Crippen molar-refractivity contribution >= 4 is 17.5 Å². The Balaban J connectivity index is 2.16. The van der Waals surface area contributed by atoms with Crippen molar-refractivity contribution in [3.8, 4) is 11.5 Å². The van der Waals surface area contributed by atoms with Crippen LogP contribution in [0, 0.1) is 0 Å². The van der Waals surface area contributed by atoms with Crippen LogP contribution in [0.15, 0.2) is 42.5 Å². The second-order valence-corrected chi connectivity index (χ2v) is 6.21. The molecule has 5 nitrogen and oxygen atoms in total. The zero-order valence-corrected chi connectivity index (χ0v) is 16.0. The summed E-state index contributed by atoms with van der Waals surface area (Å²) < 4.78 is 16.5. The van der Waals surface area contributed by atoms with E-state index in [9.17, 15) is 4.79 Å². The summed E-state index contributed by atoms with van der Waals surface area (Å²) in [5.74, 6) is 1.10. The van der Waals surface area contributed by atoms with E-state index in [1.54, 1.807) is 37.4 Å². The molecule has 0 radical (unpaired) electrons. The molecule has 0 heterocycles. The number of hydrogen-bond acceptors (Lipinski definition) is 4. The number of carbonyl (C=O) groups excluding carboxylic acids is 1. The summed E-state index contributed by atoms with van der Waals surface area (Å²) >= 11 is 6.13. The van der Waals surface area contributed by atoms with E-state index in [1.807, 2.05) is 26.0 Å². The molecular weight excluding hydrogens is 354 g/mol. The minimum absolute atomic E-state index is 0.0816. The van der Waals surface area contributed by atoms with Gasteiger partial charge in [0.15, 0.2) is 0 Å². The second kappa shape index (κ2) is 10.0. The number of carbonyl (C=O) groups is 1. The average Bonchev–Trinajstić information content (AvgIpc) is 2.62. The highest BCUT2D eigenvalue weighted by Gasteiger charge is 2.14. The van der Waals surface area contributed by atoms with Gasteiger partial charge in [0, 0.05) is 24.3 Å². The minimum Gasteiger partial charge on any atom is -0.493 e. The first-order valence-corrected chi connectivity index (χ1v) is 8.85. The Bertz CT molecular complexity index is 736. The molecule has 0 bridgehead atoms. The van der Waals surface area contributed by atoms with E-state index in [0.29, 0.717) is 35.3 Å². The molecule has 1 atom stereocenters. The van der Waals surface area contributed by atoms with E-state index < -0.39 is 0 Å². The lowest BCUT2D eigenvalue weighted by Gasteiger charge is -2.16. The molecule has 2 aromatic rings. The first-order chi connectivity index (χ1) is 12.5. The number of ether oxygens (including phenoxy) is 3. The van der Waals surface area contributed by atoms with E-state index in [0.717, 1.165) is 5.56 Å². The van der Waals surface area contributed by atoms with Crippen LogP contribution in [0.4, 0.5) is 0 Å². The van der Waals surface area contributed by atoms with Crippen LogP contribution in [0.1, 0.15) is 29.8 Å². The quantitative estimate of drug-likeness (QED) is 0.715. The molecule has 2 rings (SSSR count). The van der Waals surface area contributed by atoms with Gasteiger partial charge in [-0.05, 0) is 44.2 Å². The van der Waals surface area contributed by atoms with Gasteiger partial charge in [0.05, 0.1) is 18.2 Å². The molecule has 0 spiro atoms. The fourth-order valence-corrected chi connectivity index (χ4v) is 2.64. The molecule has 0 saturated heterocycles. The average molecular weight is 378 g/mol. The van der Waals surface area contributed by atoms with E-state index in [-0.39, 0.29) is 18.6 Å². The standard InChI is InChI=1S/C20H24ClNO4/c1-4-25-18-10-9-15(20(23)22-14(2)12-24-3)11-16(18)13-26-19-8-6-5-7-17(19)21/h5-11,14H,4,12-13H2,1-3H3,(H,22,23)/t14-/m0/s1. The number of benzene rings is 2. The third-order valence-electron chi connectivity index (χ3n) is 3.64. The summed E-state index contributed by atoms with van der Waals surface area (Å²) in [6.45, 7) is 5.01. The van der Waals surface area contributed by atoms with Crippen molar-refractivity contribution < 1.29 is 19.0 Å². The summed E-state index contributed by atoms with van der Waals surface area (Å²) in [6, 6.07) is 12.5. The maximum atomic E-state index is 12.4. The van der Waals surface area contributed by atoms with Gasteiger partial charge in [-0.15, -0.1) is 0 Å². The highest BCUT2D eigenvalue weighted by molar-refractivity contribution is 6.32. The van der Waals surface area contributed by atoms with E-state index >= 15 is 0 Å². The van der Waals surface area contributed by atoms with E-state index in [4.69, 9.17) is 25.8 Å². The molecule has 1 N–H and O–H groups in total. The van der Waals surface area contributed by atoms with Crippen LogP contribution >= 0.6 is 11.6 Å². The molecule has 0 aliphatic heterocycles. The first-order valence-electron chi connectivity index (χ1n) is 8.48. The lowest BCUT2D eigenvalue weighted by molar-refractivity contribution is 0.0905. The molecule has 0 aliphatic carbocycles. The Kier molecular flexibility index (Phi) is 7.75. The number of rotatable bonds is 9. The van der Waals surface area contributed by atoms with Gasteiger partial charge >= 0.3 is 0 Å². The van der Waals surface area contributed by atoms with Gasteiger partial charge in [-0.1, -0.05) is 23.7 Å². The summed E-state index contributed by atoms with van der Waals surface area (Å²) in [7, 11) is 1.60.